The van der Waals surface area contributed by atoms with Crippen molar-refractivity contribution in [3.05, 3.63) is 28.2 Å². The zero-order valence-electron chi connectivity index (χ0n) is 12.1. The molecule has 0 unspecified atom stereocenters. The van der Waals surface area contributed by atoms with Gasteiger partial charge in [0.1, 0.15) is 6.42 Å². The summed E-state index contributed by atoms with van der Waals surface area (Å²) in [6.07, 6.45) is 0.589. The molecule has 7 heteroatoms. The molecule has 116 valence electrons. The number of nitrogens with zero attached hydrogens (tertiary/aromatic N) is 1. The molecule has 0 aliphatic carbocycles. The molecule has 0 saturated heterocycles. The van der Waals surface area contributed by atoms with Crippen LogP contribution in [0.25, 0.3) is 0 Å². The van der Waals surface area contributed by atoms with Gasteiger partial charge in [0.2, 0.25) is 11.8 Å². The van der Waals surface area contributed by atoms with Gasteiger partial charge >= 0.3 is 0 Å². The zero-order valence-corrected chi connectivity index (χ0v) is 13.6. The normalized spacial score (nSPS) is 10.5. The van der Waals surface area contributed by atoms with Gasteiger partial charge in [0.25, 0.3) is 0 Å². The SMILES string of the molecule is CN(C)CCCNC(=O)CC(=O)Nc1cccc(Cl)c1Cl. The van der Waals surface area contributed by atoms with Crippen LogP contribution < -0.4 is 10.6 Å². The average molecular weight is 332 g/mol. The van der Waals surface area contributed by atoms with Crippen molar-refractivity contribution >= 4 is 40.7 Å². The molecule has 0 aliphatic rings. The van der Waals surface area contributed by atoms with E-state index in [1.54, 1.807) is 18.2 Å². The van der Waals surface area contributed by atoms with Crippen molar-refractivity contribution < 1.29 is 9.59 Å². The first-order chi connectivity index (χ1) is 9.90. The summed E-state index contributed by atoms with van der Waals surface area (Å²) in [5.41, 5.74) is 0.398. The van der Waals surface area contributed by atoms with Gasteiger partial charge in [0.05, 0.1) is 15.7 Å². The summed E-state index contributed by atoms with van der Waals surface area (Å²) in [7, 11) is 3.92. The molecule has 0 aromatic heterocycles. The molecular weight excluding hydrogens is 313 g/mol. The lowest BCUT2D eigenvalue weighted by Crippen LogP contribution is -2.30. The van der Waals surface area contributed by atoms with E-state index in [1.807, 2.05) is 19.0 Å². The van der Waals surface area contributed by atoms with Crippen molar-refractivity contribution in [1.29, 1.82) is 0 Å². The van der Waals surface area contributed by atoms with Crippen LogP contribution in [0.1, 0.15) is 12.8 Å². The Morgan fingerprint density at radius 2 is 1.90 bits per heavy atom. The minimum absolute atomic E-state index is 0.245. The third-order valence-corrected chi connectivity index (χ3v) is 3.47. The molecule has 0 heterocycles. The summed E-state index contributed by atoms with van der Waals surface area (Å²) in [5.74, 6) is -0.742. The van der Waals surface area contributed by atoms with Crippen LogP contribution in [0.15, 0.2) is 18.2 Å². The first-order valence-corrected chi connectivity index (χ1v) is 7.31. The lowest BCUT2D eigenvalue weighted by Gasteiger charge is -2.10. The van der Waals surface area contributed by atoms with Gasteiger partial charge in [-0.15, -0.1) is 0 Å². The monoisotopic (exact) mass is 331 g/mol. The topological polar surface area (TPSA) is 61.4 Å². The largest absolute Gasteiger partial charge is 0.356 e. The Morgan fingerprint density at radius 1 is 1.19 bits per heavy atom. The van der Waals surface area contributed by atoms with Crippen molar-refractivity contribution in [3.8, 4) is 0 Å². The van der Waals surface area contributed by atoms with Gasteiger partial charge in [-0.25, -0.2) is 0 Å². The van der Waals surface area contributed by atoms with Crippen LogP contribution in [-0.4, -0.2) is 43.9 Å². The maximum atomic E-state index is 11.7. The van der Waals surface area contributed by atoms with Crippen LogP contribution in [0.4, 0.5) is 5.69 Å². The summed E-state index contributed by atoms with van der Waals surface area (Å²) in [5, 5.41) is 5.87. The first kappa shape index (κ1) is 17.8. The van der Waals surface area contributed by atoms with Gasteiger partial charge in [0, 0.05) is 6.54 Å². The number of anilines is 1. The Morgan fingerprint density at radius 3 is 2.57 bits per heavy atom. The lowest BCUT2D eigenvalue weighted by atomic mass is 10.3. The fraction of sp³-hybridized carbons (Fsp3) is 0.429. The predicted molar refractivity (Wildman–Crippen MR) is 85.9 cm³/mol. The third kappa shape index (κ3) is 6.80. The highest BCUT2D eigenvalue weighted by molar-refractivity contribution is 6.44. The number of halogens is 2. The Kier molecular flexibility index (Phi) is 7.50. The summed E-state index contributed by atoms with van der Waals surface area (Å²) in [4.78, 5) is 25.4. The van der Waals surface area contributed by atoms with Crippen molar-refractivity contribution in [1.82, 2.24) is 10.2 Å². The summed E-state index contributed by atoms with van der Waals surface area (Å²) < 4.78 is 0. The lowest BCUT2D eigenvalue weighted by molar-refractivity contribution is -0.126. The smallest absolute Gasteiger partial charge is 0.233 e. The van der Waals surface area contributed by atoms with Gasteiger partial charge < -0.3 is 15.5 Å². The molecule has 21 heavy (non-hydrogen) atoms. The van der Waals surface area contributed by atoms with E-state index < -0.39 is 5.91 Å². The van der Waals surface area contributed by atoms with E-state index in [4.69, 9.17) is 23.2 Å². The number of amides is 2. The molecule has 1 aromatic rings. The second-order valence-corrected chi connectivity index (χ2v) is 5.62. The number of carbonyl (C=O) groups excluding carboxylic acids is 2. The van der Waals surface area contributed by atoms with E-state index in [-0.39, 0.29) is 17.4 Å². The van der Waals surface area contributed by atoms with Crippen LogP contribution in [-0.2, 0) is 9.59 Å². The molecule has 2 N–H and O–H groups in total. The molecule has 0 saturated carbocycles. The molecule has 5 nitrogen and oxygen atoms in total. The van der Waals surface area contributed by atoms with Crippen molar-refractivity contribution in [2.45, 2.75) is 12.8 Å². The van der Waals surface area contributed by atoms with Crippen molar-refractivity contribution in [2.24, 2.45) is 0 Å². The van der Waals surface area contributed by atoms with E-state index in [9.17, 15) is 9.59 Å². The van der Waals surface area contributed by atoms with Crippen LogP contribution in [0, 0.1) is 0 Å². The molecule has 0 bridgehead atoms. The highest BCUT2D eigenvalue weighted by Gasteiger charge is 2.12. The maximum Gasteiger partial charge on any atom is 0.233 e. The van der Waals surface area contributed by atoms with E-state index >= 15 is 0 Å². The van der Waals surface area contributed by atoms with Crippen LogP contribution in [0.5, 0.6) is 0 Å². The number of rotatable bonds is 7. The summed E-state index contributed by atoms with van der Waals surface area (Å²) in [6, 6.07) is 4.92. The van der Waals surface area contributed by atoms with Crippen molar-refractivity contribution in [2.75, 3.05) is 32.5 Å². The molecule has 1 aromatic carbocycles. The van der Waals surface area contributed by atoms with E-state index in [0.29, 0.717) is 17.3 Å². The average Bonchev–Trinajstić information content (AvgIpc) is 2.40. The van der Waals surface area contributed by atoms with Crippen LogP contribution in [0.2, 0.25) is 10.0 Å². The molecule has 0 fully saturated rings. The van der Waals surface area contributed by atoms with Gasteiger partial charge in [-0.1, -0.05) is 29.3 Å². The second kappa shape index (κ2) is 8.87. The minimum Gasteiger partial charge on any atom is -0.356 e. The van der Waals surface area contributed by atoms with Crippen molar-refractivity contribution in [3.63, 3.8) is 0 Å². The Bertz CT molecular complexity index is 507. The highest BCUT2D eigenvalue weighted by Crippen LogP contribution is 2.29. The van der Waals surface area contributed by atoms with Gasteiger partial charge in [-0.2, -0.15) is 0 Å². The second-order valence-electron chi connectivity index (χ2n) is 4.83. The van der Waals surface area contributed by atoms with Gasteiger partial charge in [-0.05, 0) is 39.2 Å². The number of carbonyl (C=O) groups is 2. The fourth-order valence-corrected chi connectivity index (χ4v) is 1.97. The number of benzene rings is 1. The Labute approximate surface area is 134 Å². The van der Waals surface area contributed by atoms with E-state index in [0.717, 1.165) is 13.0 Å². The maximum absolute atomic E-state index is 11.7. The van der Waals surface area contributed by atoms with Crippen LogP contribution >= 0.6 is 23.2 Å². The summed E-state index contributed by atoms with van der Waals surface area (Å²) >= 11 is 11.8. The van der Waals surface area contributed by atoms with E-state index in [1.165, 1.54) is 0 Å². The van der Waals surface area contributed by atoms with Gasteiger partial charge in [-0.3, -0.25) is 9.59 Å². The molecule has 2 amide bonds. The fourth-order valence-electron chi connectivity index (χ4n) is 1.63. The summed E-state index contributed by atoms with van der Waals surface area (Å²) in [6.45, 7) is 1.42. The molecule has 0 radical (unpaired) electrons. The predicted octanol–water partition coefficient (Wildman–Crippen LogP) is 2.39. The molecule has 1 rings (SSSR count). The van der Waals surface area contributed by atoms with Crippen LogP contribution in [0.3, 0.4) is 0 Å². The quantitative estimate of drug-likeness (QED) is 0.595. The molecule has 0 atom stereocenters. The number of nitrogens with one attached hydrogen (secondary N) is 2. The molecule has 0 spiro atoms. The molecular formula is C14H19Cl2N3O2. The zero-order chi connectivity index (χ0) is 15.8. The Balaban J connectivity index is 2.36. The van der Waals surface area contributed by atoms with E-state index in [2.05, 4.69) is 10.6 Å². The number of hydrogen-bond acceptors (Lipinski definition) is 3. The third-order valence-electron chi connectivity index (χ3n) is 2.65. The van der Waals surface area contributed by atoms with Gasteiger partial charge in [0.15, 0.2) is 0 Å². The highest BCUT2D eigenvalue weighted by atomic mass is 35.5. The molecule has 0 aliphatic heterocycles. The minimum atomic E-state index is -0.427. The standard InChI is InChI=1S/C14H19Cl2N3O2/c1-19(2)8-4-7-17-12(20)9-13(21)18-11-6-3-5-10(15)14(11)16/h3,5-6H,4,7-9H2,1-2H3,(H,17,20)(H,18,21). The number of hydrogen-bond donors (Lipinski definition) is 2. The Hall–Kier alpha value is -1.30. The first-order valence-electron chi connectivity index (χ1n) is 6.55.